The number of hydrogen-bond acceptors (Lipinski definition) is 3. The number of aliphatic hydroxyl groups is 1. The Balaban J connectivity index is 1.72. The zero-order valence-corrected chi connectivity index (χ0v) is 14.0. The van der Waals surface area contributed by atoms with Gasteiger partial charge in [-0.05, 0) is 68.4 Å². The highest BCUT2D eigenvalue weighted by atomic mass is 16.3. The summed E-state index contributed by atoms with van der Waals surface area (Å²) in [4.78, 5) is 11.7. The lowest BCUT2D eigenvalue weighted by molar-refractivity contribution is -0.111. The largest absolute Gasteiger partial charge is 0.375 e. The van der Waals surface area contributed by atoms with Gasteiger partial charge in [0, 0.05) is 10.8 Å². The molecular weight excluding hydrogens is 286 g/mol. The fraction of sp³-hybridized carbons (Fsp3) is 0.700. The SMILES string of the molecule is C[C@]12C=CC(=O)C=C1CC[C@H]1[C@@H]2CC[C@@]2(C)[C@H]1CC[C@]2(O)C#N. The summed E-state index contributed by atoms with van der Waals surface area (Å²) < 4.78 is 0. The molecule has 0 spiro atoms. The van der Waals surface area contributed by atoms with Gasteiger partial charge in [-0.3, -0.25) is 4.79 Å². The maximum absolute atomic E-state index is 11.7. The lowest BCUT2D eigenvalue weighted by atomic mass is 9.47. The summed E-state index contributed by atoms with van der Waals surface area (Å²) in [7, 11) is 0. The van der Waals surface area contributed by atoms with Crippen LogP contribution in [0.25, 0.3) is 0 Å². The monoisotopic (exact) mass is 311 g/mol. The van der Waals surface area contributed by atoms with Gasteiger partial charge in [0.25, 0.3) is 0 Å². The number of fused-ring (bicyclic) bond motifs is 5. The number of nitrogens with zero attached hydrogens (tertiary/aromatic N) is 1. The molecule has 0 aromatic carbocycles. The van der Waals surface area contributed by atoms with Crippen molar-refractivity contribution in [2.45, 2.75) is 58.0 Å². The molecule has 0 radical (unpaired) electrons. The van der Waals surface area contributed by atoms with E-state index in [0.29, 0.717) is 24.2 Å². The van der Waals surface area contributed by atoms with Crippen LogP contribution < -0.4 is 0 Å². The number of carbonyl (C=O) groups is 1. The van der Waals surface area contributed by atoms with Crippen LogP contribution in [0.3, 0.4) is 0 Å². The molecule has 1 N–H and O–H groups in total. The number of ketones is 1. The highest BCUT2D eigenvalue weighted by Gasteiger charge is 2.64. The van der Waals surface area contributed by atoms with Gasteiger partial charge < -0.3 is 5.11 Å². The Bertz CT molecular complexity index is 672. The summed E-state index contributed by atoms with van der Waals surface area (Å²) in [6.45, 7) is 4.42. The van der Waals surface area contributed by atoms with E-state index in [4.69, 9.17) is 0 Å². The third-order valence-corrected chi connectivity index (χ3v) is 7.89. The zero-order chi connectivity index (χ0) is 16.5. The first-order valence-electron chi connectivity index (χ1n) is 8.92. The molecule has 3 heteroatoms. The van der Waals surface area contributed by atoms with Crippen molar-refractivity contribution in [2.75, 3.05) is 0 Å². The summed E-state index contributed by atoms with van der Waals surface area (Å²) in [5, 5.41) is 20.4. The van der Waals surface area contributed by atoms with Gasteiger partial charge in [-0.1, -0.05) is 25.5 Å². The van der Waals surface area contributed by atoms with Crippen molar-refractivity contribution in [3.8, 4) is 6.07 Å². The van der Waals surface area contributed by atoms with Crippen LogP contribution in [0, 0.1) is 39.9 Å². The Morgan fingerprint density at radius 2 is 1.96 bits per heavy atom. The van der Waals surface area contributed by atoms with E-state index in [1.807, 2.05) is 6.08 Å². The summed E-state index contributed by atoms with van der Waals surface area (Å²) in [5.41, 5.74) is -0.138. The van der Waals surface area contributed by atoms with Crippen molar-refractivity contribution >= 4 is 5.78 Å². The molecule has 6 atom stereocenters. The smallest absolute Gasteiger partial charge is 0.178 e. The van der Waals surface area contributed by atoms with Crippen LogP contribution in [0.15, 0.2) is 23.8 Å². The average molecular weight is 311 g/mol. The minimum Gasteiger partial charge on any atom is -0.375 e. The quantitative estimate of drug-likeness (QED) is 0.696. The molecule has 0 heterocycles. The standard InChI is InChI=1S/C20H25NO2/c1-18-8-5-14(22)11-13(18)3-4-15-16(18)6-9-19(2)17(15)7-10-20(19,23)12-21/h5,8,11,15-17,23H,3-4,6-7,9-10H2,1-2H3/t15-,16-,17-,18-,19-,20-/m0/s1. The minimum atomic E-state index is -1.15. The van der Waals surface area contributed by atoms with Crippen LogP contribution >= 0.6 is 0 Å². The minimum absolute atomic E-state index is 0.00843. The molecule has 122 valence electrons. The van der Waals surface area contributed by atoms with Gasteiger partial charge >= 0.3 is 0 Å². The van der Waals surface area contributed by atoms with E-state index in [0.717, 1.165) is 32.1 Å². The van der Waals surface area contributed by atoms with Crippen molar-refractivity contribution in [1.29, 1.82) is 5.26 Å². The molecule has 0 aromatic rings. The van der Waals surface area contributed by atoms with Crippen LogP contribution in [0.2, 0.25) is 0 Å². The highest BCUT2D eigenvalue weighted by Crippen LogP contribution is 2.66. The Morgan fingerprint density at radius 3 is 2.70 bits per heavy atom. The first-order chi connectivity index (χ1) is 10.8. The number of allylic oxidation sites excluding steroid dienone is 4. The van der Waals surface area contributed by atoms with Crippen LogP contribution in [0.1, 0.15) is 52.4 Å². The fourth-order valence-electron chi connectivity index (χ4n) is 6.40. The van der Waals surface area contributed by atoms with Crippen LogP contribution in [0.4, 0.5) is 0 Å². The van der Waals surface area contributed by atoms with Crippen molar-refractivity contribution in [3.05, 3.63) is 23.8 Å². The summed E-state index contributed by atoms with van der Waals surface area (Å²) >= 11 is 0. The molecule has 3 saturated carbocycles. The van der Waals surface area contributed by atoms with Crippen LogP contribution in [-0.2, 0) is 4.79 Å². The van der Waals surface area contributed by atoms with Gasteiger partial charge in [0.15, 0.2) is 11.4 Å². The van der Waals surface area contributed by atoms with Crippen LogP contribution in [0.5, 0.6) is 0 Å². The summed E-state index contributed by atoms with van der Waals surface area (Å²) in [6, 6.07) is 2.23. The molecule has 4 rings (SSSR count). The third-order valence-electron chi connectivity index (χ3n) is 7.89. The van der Waals surface area contributed by atoms with E-state index in [9.17, 15) is 15.2 Å². The number of carbonyl (C=O) groups excluding carboxylic acids is 1. The molecule has 0 bridgehead atoms. The second kappa shape index (κ2) is 4.57. The maximum atomic E-state index is 11.7. The normalized spacial score (nSPS) is 51.3. The molecule has 0 amide bonds. The number of nitriles is 1. The molecule has 23 heavy (non-hydrogen) atoms. The van der Waals surface area contributed by atoms with E-state index >= 15 is 0 Å². The Kier molecular flexibility index (Phi) is 3.01. The number of rotatable bonds is 0. The molecule has 0 aromatic heterocycles. The first-order valence-corrected chi connectivity index (χ1v) is 8.92. The van der Waals surface area contributed by atoms with Gasteiger partial charge in [-0.2, -0.15) is 5.26 Å². The molecule has 0 unspecified atom stereocenters. The van der Waals surface area contributed by atoms with E-state index in [1.54, 1.807) is 6.08 Å². The lowest BCUT2D eigenvalue weighted by Gasteiger charge is -2.57. The van der Waals surface area contributed by atoms with Gasteiger partial charge in [-0.25, -0.2) is 0 Å². The van der Waals surface area contributed by atoms with Crippen molar-refractivity contribution < 1.29 is 9.90 Å². The average Bonchev–Trinajstić information content (AvgIpc) is 2.80. The Morgan fingerprint density at radius 1 is 1.22 bits per heavy atom. The van der Waals surface area contributed by atoms with Crippen LogP contribution in [-0.4, -0.2) is 16.5 Å². The fourth-order valence-corrected chi connectivity index (χ4v) is 6.40. The second-order valence-electron chi connectivity index (χ2n) is 8.57. The molecule has 3 nitrogen and oxygen atoms in total. The second-order valence-corrected chi connectivity index (χ2v) is 8.57. The molecule has 4 aliphatic rings. The van der Waals surface area contributed by atoms with Gasteiger partial charge in [0.05, 0.1) is 6.07 Å². The Hall–Kier alpha value is -1.40. The topological polar surface area (TPSA) is 61.1 Å². The van der Waals surface area contributed by atoms with Crippen molar-refractivity contribution in [1.82, 2.24) is 0 Å². The molecule has 0 aliphatic heterocycles. The molecule has 3 fully saturated rings. The molecular formula is C20H25NO2. The lowest BCUT2D eigenvalue weighted by Crippen LogP contribution is -2.53. The highest BCUT2D eigenvalue weighted by molar-refractivity contribution is 6.01. The number of hydrogen-bond donors (Lipinski definition) is 1. The van der Waals surface area contributed by atoms with E-state index < -0.39 is 5.60 Å². The third kappa shape index (κ3) is 1.76. The zero-order valence-electron chi connectivity index (χ0n) is 14.0. The molecule has 4 aliphatic carbocycles. The van der Waals surface area contributed by atoms with E-state index in [2.05, 4.69) is 26.0 Å². The van der Waals surface area contributed by atoms with Gasteiger partial charge in [0.2, 0.25) is 0 Å². The summed E-state index contributed by atoms with van der Waals surface area (Å²) in [6.07, 6.45) is 11.3. The van der Waals surface area contributed by atoms with E-state index in [-0.39, 0.29) is 16.6 Å². The van der Waals surface area contributed by atoms with Gasteiger partial charge in [-0.15, -0.1) is 0 Å². The van der Waals surface area contributed by atoms with E-state index in [1.165, 1.54) is 5.57 Å². The van der Waals surface area contributed by atoms with Crippen molar-refractivity contribution in [3.63, 3.8) is 0 Å². The first kappa shape index (κ1) is 15.1. The predicted molar refractivity (Wildman–Crippen MR) is 87.2 cm³/mol. The summed E-state index contributed by atoms with van der Waals surface area (Å²) in [5.74, 6) is 1.63. The van der Waals surface area contributed by atoms with Gasteiger partial charge in [0.1, 0.15) is 0 Å². The predicted octanol–water partition coefficient (Wildman–Crippen LogP) is 3.55. The Labute approximate surface area is 138 Å². The maximum Gasteiger partial charge on any atom is 0.178 e. The molecule has 0 saturated heterocycles. The van der Waals surface area contributed by atoms with Crippen molar-refractivity contribution in [2.24, 2.45) is 28.6 Å².